The lowest BCUT2D eigenvalue weighted by Crippen LogP contribution is -2.34. The SMILES string of the molecule is O=C([O-])C[C@@H](NC(=O)c1ccc(Cl)cc1)c1ccc(Cl)cc1. The van der Waals surface area contributed by atoms with E-state index >= 15 is 0 Å². The maximum absolute atomic E-state index is 12.2. The molecule has 114 valence electrons. The Balaban J connectivity index is 2.19. The maximum Gasteiger partial charge on any atom is 0.251 e. The van der Waals surface area contributed by atoms with E-state index in [0.717, 1.165) is 0 Å². The first kappa shape index (κ1) is 16.3. The number of benzene rings is 2. The summed E-state index contributed by atoms with van der Waals surface area (Å²) in [6, 6.07) is 12.2. The highest BCUT2D eigenvalue weighted by Crippen LogP contribution is 2.20. The molecule has 22 heavy (non-hydrogen) atoms. The van der Waals surface area contributed by atoms with E-state index in [1.54, 1.807) is 48.5 Å². The molecule has 2 rings (SSSR count). The molecule has 0 saturated carbocycles. The van der Waals surface area contributed by atoms with Gasteiger partial charge in [-0.3, -0.25) is 4.79 Å². The largest absolute Gasteiger partial charge is 0.550 e. The second kappa shape index (κ2) is 7.29. The third-order valence-electron chi connectivity index (χ3n) is 3.05. The van der Waals surface area contributed by atoms with Crippen LogP contribution in [0.2, 0.25) is 10.0 Å². The van der Waals surface area contributed by atoms with E-state index in [2.05, 4.69) is 5.32 Å². The Hall–Kier alpha value is -2.04. The quantitative estimate of drug-likeness (QED) is 0.912. The minimum absolute atomic E-state index is 0.332. The number of rotatable bonds is 5. The average Bonchev–Trinajstić information content (AvgIpc) is 2.47. The molecule has 1 amide bonds. The molecule has 0 aliphatic rings. The van der Waals surface area contributed by atoms with Crippen LogP contribution >= 0.6 is 23.2 Å². The third kappa shape index (κ3) is 4.48. The molecular formula is C16H12Cl2NO3-. The number of aliphatic carboxylic acids is 1. The van der Waals surface area contributed by atoms with Gasteiger partial charge in [-0.05, 0) is 42.0 Å². The summed E-state index contributed by atoms with van der Waals surface area (Å²) in [6.07, 6.45) is -0.332. The zero-order chi connectivity index (χ0) is 16.1. The second-order valence-corrected chi connectivity index (χ2v) is 5.53. The van der Waals surface area contributed by atoms with Crippen LogP contribution < -0.4 is 10.4 Å². The van der Waals surface area contributed by atoms with Gasteiger partial charge in [0.05, 0.1) is 6.04 Å². The van der Waals surface area contributed by atoms with Gasteiger partial charge in [-0.1, -0.05) is 35.3 Å². The highest BCUT2D eigenvalue weighted by atomic mass is 35.5. The first-order valence-electron chi connectivity index (χ1n) is 6.47. The maximum atomic E-state index is 12.2. The molecule has 1 atom stereocenters. The number of hydrogen-bond acceptors (Lipinski definition) is 3. The van der Waals surface area contributed by atoms with Gasteiger partial charge >= 0.3 is 0 Å². The van der Waals surface area contributed by atoms with Gasteiger partial charge in [0.25, 0.3) is 5.91 Å². The number of halogens is 2. The Bertz CT molecular complexity index is 669. The van der Waals surface area contributed by atoms with Crippen LogP contribution in [0, 0.1) is 0 Å². The number of nitrogens with one attached hydrogen (secondary N) is 1. The Morgan fingerprint density at radius 2 is 1.45 bits per heavy atom. The number of carboxylic acid groups (broad SMARTS) is 1. The van der Waals surface area contributed by atoms with Crippen molar-refractivity contribution in [2.45, 2.75) is 12.5 Å². The summed E-state index contributed by atoms with van der Waals surface area (Å²) in [5, 5.41) is 14.6. The van der Waals surface area contributed by atoms with Crippen LogP contribution in [-0.4, -0.2) is 11.9 Å². The van der Waals surface area contributed by atoms with E-state index < -0.39 is 17.9 Å². The average molecular weight is 337 g/mol. The van der Waals surface area contributed by atoms with Gasteiger partial charge in [-0.2, -0.15) is 0 Å². The Morgan fingerprint density at radius 1 is 0.955 bits per heavy atom. The molecule has 1 N–H and O–H groups in total. The molecule has 2 aromatic rings. The van der Waals surface area contributed by atoms with Crippen molar-refractivity contribution in [3.8, 4) is 0 Å². The van der Waals surface area contributed by atoms with E-state index in [-0.39, 0.29) is 6.42 Å². The number of hydrogen-bond donors (Lipinski definition) is 1. The van der Waals surface area contributed by atoms with Crippen molar-refractivity contribution < 1.29 is 14.7 Å². The fourth-order valence-electron chi connectivity index (χ4n) is 1.96. The van der Waals surface area contributed by atoms with Crippen LogP contribution in [0.1, 0.15) is 28.4 Å². The smallest absolute Gasteiger partial charge is 0.251 e. The Kier molecular flexibility index (Phi) is 5.41. The summed E-state index contributed by atoms with van der Waals surface area (Å²) in [5.41, 5.74) is 1.03. The summed E-state index contributed by atoms with van der Waals surface area (Å²) in [5.74, 6) is -1.64. The summed E-state index contributed by atoms with van der Waals surface area (Å²) < 4.78 is 0. The molecule has 0 radical (unpaired) electrons. The van der Waals surface area contributed by atoms with Crippen LogP contribution in [-0.2, 0) is 4.79 Å². The fourth-order valence-corrected chi connectivity index (χ4v) is 2.21. The van der Waals surface area contributed by atoms with Crippen molar-refractivity contribution in [3.63, 3.8) is 0 Å². The monoisotopic (exact) mass is 336 g/mol. The van der Waals surface area contributed by atoms with Crippen molar-refractivity contribution in [3.05, 3.63) is 69.7 Å². The van der Waals surface area contributed by atoms with Crippen LogP contribution in [0.15, 0.2) is 48.5 Å². The zero-order valence-electron chi connectivity index (χ0n) is 11.4. The molecular weight excluding hydrogens is 325 g/mol. The Morgan fingerprint density at radius 3 is 1.95 bits per heavy atom. The third-order valence-corrected chi connectivity index (χ3v) is 3.56. The molecule has 0 aliphatic heterocycles. The molecule has 0 fully saturated rings. The zero-order valence-corrected chi connectivity index (χ0v) is 12.9. The van der Waals surface area contributed by atoms with Crippen LogP contribution in [0.3, 0.4) is 0 Å². The summed E-state index contributed by atoms with van der Waals surface area (Å²) in [6.45, 7) is 0. The van der Waals surface area contributed by atoms with Crippen molar-refractivity contribution in [2.75, 3.05) is 0 Å². The fraction of sp³-hybridized carbons (Fsp3) is 0.125. The van der Waals surface area contributed by atoms with Crippen molar-refractivity contribution in [1.29, 1.82) is 0 Å². The van der Waals surface area contributed by atoms with E-state index in [9.17, 15) is 14.7 Å². The molecule has 0 heterocycles. The number of amides is 1. The standard InChI is InChI=1S/C16H13Cl2NO3/c17-12-5-1-10(2-6-12)14(9-15(20)21)19-16(22)11-3-7-13(18)8-4-11/h1-8,14H,9H2,(H,19,22)(H,20,21)/p-1/t14-/m1/s1. The molecule has 0 aliphatic carbocycles. The summed E-state index contributed by atoms with van der Waals surface area (Å²) in [7, 11) is 0. The number of carbonyl (C=O) groups excluding carboxylic acids is 2. The highest BCUT2D eigenvalue weighted by molar-refractivity contribution is 6.30. The molecule has 0 bridgehead atoms. The van der Waals surface area contributed by atoms with Crippen molar-refractivity contribution >= 4 is 35.1 Å². The molecule has 4 nitrogen and oxygen atoms in total. The first-order chi connectivity index (χ1) is 10.5. The lowest BCUT2D eigenvalue weighted by molar-refractivity contribution is -0.306. The van der Waals surface area contributed by atoms with E-state index in [1.807, 2.05) is 0 Å². The second-order valence-electron chi connectivity index (χ2n) is 4.66. The van der Waals surface area contributed by atoms with Gasteiger partial charge in [0.2, 0.25) is 0 Å². The van der Waals surface area contributed by atoms with Crippen molar-refractivity contribution in [1.82, 2.24) is 5.32 Å². The van der Waals surface area contributed by atoms with E-state index in [1.165, 1.54) is 0 Å². The predicted molar refractivity (Wildman–Crippen MR) is 82.7 cm³/mol. The minimum Gasteiger partial charge on any atom is -0.550 e. The van der Waals surface area contributed by atoms with Crippen LogP contribution in [0.5, 0.6) is 0 Å². The molecule has 6 heteroatoms. The summed E-state index contributed by atoms with van der Waals surface area (Å²) in [4.78, 5) is 23.1. The van der Waals surface area contributed by atoms with Gasteiger partial charge < -0.3 is 15.2 Å². The van der Waals surface area contributed by atoms with Gasteiger partial charge in [0.15, 0.2) is 0 Å². The van der Waals surface area contributed by atoms with Crippen LogP contribution in [0.25, 0.3) is 0 Å². The van der Waals surface area contributed by atoms with E-state index in [0.29, 0.717) is 21.2 Å². The lowest BCUT2D eigenvalue weighted by atomic mass is 10.0. The highest BCUT2D eigenvalue weighted by Gasteiger charge is 2.16. The predicted octanol–water partition coefficient (Wildman–Crippen LogP) is 2.60. The lowest BCUT2D eigenvalue weighted by Gasteiger charge is -2.20. The molecule has 0 aromatic heterocycles. The molecule has 0 spiro atoms. The number of carbonyl (C=O) groups is 2. The molecule has 0 saturated heterocycles. The topological polar surface area (TPSA) is 69.2 Å². The van der Waals surface area contributed by atoms with Gasteiger partial charge in [-0.25, -0.2) is 0 Å². The van der Waals surface area contributed by atoms with Crippen LogP contribution in [0.4, 0.5) is 0 Å². The van der Waals surface area contributed by atoms with Gasteiger partial charge in [0.1, 0.15) is 0 Å². The molecule has 2 aromatic carbocycles. The summed E-state index contributed by atoms with van der Waals surface area (Å²) >= 11 is 11.6. The number of carboxylic acids is 1. The minimum atomic E-state index is -1.25. The van der Waals surface area contributed by atoms with Crippen molar-refractivity contribution in [2.24, 2.45) is 0 Å². The normalized spacial score (nSPS) is 11.7. The molecule has 0 unspecified atom stereocenters. The Labute approximate surface area is 137 Å². The first-order valence-corrected chi connectivity index (χ1v) is 7.23. The van der Waals surface area contributed by atoms with Gasteiger partial charge in [0, 0.05) is 28.0 Å². The van der Waals surface area contributed by atoms with Gasteiger partial charge in [-0.15, -0.1) is 0 Å². The van der Waals surface area contributed by atoms with E-state index in [4.69, 9.17) is 23.2 Å².